The molecule has 10 heteroatoms. The van der Waals surface area contributed by atoms with E-state index in [0.29, 0.717) is 17.3 Å². The van der Waals surface area contributed by atoms with Crippen molar-refractivity contribution < 1.29 is 13.2 Å². The summed E-state index contributed by atoms with van der Waals surface area (Å²) in [7, 11) is 3.79. The minimum Gasteiger partial charge on any atom is -0.368 e. The molecule has 1 aliphatic rings. The van der Waals surface area contributed by atoms with Crippen molar-refractivity contribution in [3.63, 3.8) is 0 Å². The highest BCUT2D eigenvalue weighted by Crippen LogP contribution is 2.41. The number of likely N-dealkylation sites (N-methyl/N-ethyl adjacent to an activating group) is 1. The Balaban J connectivity index is 2.05. The second-order valence-electron chi connectivity index (χ2n) is 9.34. The van der Waals surface area contributed by atoms with E-state index in [0.717, 1.165) is 38.3 Å². The van der Waals surface area contributed by atoms with Crippen LogP contribution in [0.5, 0.6) is 0 Å². The normalized spacial score (nSPS) is 16.3. The molecule has 1 aromatic rings. The first-order valence-electron chi connectivity index (χ1n) is 12.8. The fourth-order valence-electron chi connectivity index (χ4n) is 3.74. The Kier molecular flexibility index (Phi) is 12.6. The van der Waals surface area contributed by atoms with Gasteiger partial charge in [-0.05, 0) is 69.3 Å². The lowest BCUT2D eigenvalue weighted by molar-refractivity contribution is -0.0328. The molecule has 1 aromatic carbocycles. The number of benzene rings is 1. The maximum atomic E-state index is 12.7. The lowest BCUT2D eigenvalue weighted by atomic mass is 10.2. The van der Waals surface area contributed by atoms with Gasteiger partial charge in [0.1, 0.15) is 11.7 Å². The zero-order valence-corrected chi connectivity index (χ0v) is 25.1. The summed E-state index contributed by atoms with van der Waals surface area (Å²) < 4.78 is 38.0. The molecule has 1 N–H and O–H groups in total. The van der Waals surface area contributed by atoms with Crippen molar-refractivity contribution in [1.82, 2.24) is 14.7 Å². The number of halogens is 4. The standard InChI is InChI=1S/C29H39ClF3N5S/c1-8-21(3)11-10-12-25(9-2)38-17-15-37(16-18-38)23(5)35-28(36(6)7)19-22(4)34-24-13-14-27(26(30)20-24)39-29(31,32)33/h9-14,19-20,34H,5,8,15-18H2,1-4,6-7H3/b12-10-,21-11+,22-19+,25-9+,35-28+. The number of thioether (sulfide) groups is 1. The van der Waals surface area contributed by atoms with Crippen molar-refractivity contribution in [2.75, 3.05) is 45.6 Å². The molecular weight excluding hydrogens is 543 g/mol. The molecule has 39 heavy (non-hydrogen) atoms. The topological polar surface area (TPSA) is 34.1 Å². The number of piperazine rings is 1. The third-order valence-corrected chi connectivity index (χ3v) is 7.29. The molecule has 214 valence electrons. The summed E-state index contributed by atoms with van der Waals surface area (Å²) in [5.74, 6) is 1.37. The van der Waals surface area contributed by atoms with Crippen molar-refractivity contribution in [2.45, 2.75) is 44.5 Å². The molecule has 0 radical (unpaired) electrons. The Hall–Kier alpha value is -2.78. The molecule has 0 aromatic heterocycles. The maximum absolute atomic E-state index is 12.7. The van der Waals surface area contributed by atoms with Crippen LogP contribution in [0.4, 0.5) is 18.9 Å². The van der Waals surface area contributed by atoms with Crippen LogP contribution in [0.1, 0.15) is 34.1 Å². The van der Waals surface area contributed by atoms with E-state index in [9.17, 15) is 13.2 Å². The maximum Gasteiger partial charge on any atom is 0.446 e. The highest BCUT2D eigenvalue weighted by Gasteiger charge is 2.30. The smallest absolute Gasteiger partial charge is 0.368 e. The van der Waals surface area contributed by atoms with Crippen molar-refractivity contribution in [1.29, 1.82) is 0 Å². The first-order valence-corrected chi connectivity index (χ1v) is 14.0. The molecule has 0 amide bonds. The van der Waals surface area contributed by atoms with Gasteiger partial charge in [-0.15, -0.1) is 0 Å². The van der Waals surface area contributed by atoms with Crippen LogP contribution >= 0.6 is 23.4 Å². The number of hydrogen-bond acceptors (Lipinski definition) is 5. The molecule has 0 saturated carbocycles. The van der Waals surface area contributed by atoms with Crippen LogP contribution in [0.2, 0.25) is 5.02 Å². The molecule has 1 saturated heterocycles. The average Bonchev–Trinajstić information content (AvgIpc) is 2.87. The van der Waals surface area contributed by atoms with Gasteiger partial charge in [-0.1, -0.05) is 48.9 Å². The first-order chi connectivity index (χ1) is 18.3. The van der Waals surface area contributed by atoms with Gasteiger partial charge in [-0.2, -0.15) is 13.2 Å². The molecule has 1 aliphatic heterocycles. The van der Waals surface area contributed by atoms with E-state index in [1.54, 1.807) is 6.07 Å². The number of nitrogens with zero attached hydrogens (tertiary/aromatic N) is 4. The average molecular weight is 582 g/mol. The summed E-state index contributed by atoms with van der Waals surface area (Å²) in [5.41, 5.74) is -0.504. The van der Waals surface area contributed by atoms with E-state index >= 15 is 0 Å². The zero-order valence-electron chi connectivity index (χ0n) is 23.6. The van der Waals surface area contributed by atoms with Gasteiger partial charge < -0.3 is 20.0 Å². The van der Waals surface area contributed by atoms with E-state index in [1.807, 2.05) is 32.0 Å². The molecule has 0 spiro atoms. The van der Waals surface area contributed by atoms with Crippen LogP contribution in [0, 0.1) is 0 Å². The van der Waals surface area contributed by atoms with Gasteiger partial charge in [0.25, 0.3) is 0 Å². The van der Waals surface area contributed by atoms with Gasteiger partial charge in [0.2, 0.25) is 0 Å². The molecular formula is C29H39ClF3N5S. The molecule has 1 heterocycles. The minimum atomic E-state index is -4.39. The molecule has 0 atom stereocenters. The summed E-state index contributed by atoms with van der Waals surface area (Å²) >= 11 is 5.84. The van der Waals surface area contributed by atoms with E-state index in [2.05, 4.69) is 66.8 Å². The van der Waals surface area contributed by atoms with Crippen LogP contribution in [0.3, 0.4) is 0 Å². The van der Waals surface area contributed by atoms with Crippen molar-refractivity contribution >= 4 is 34.9 Å². The van der Waals surface area contributed by atoms with Crippen LogP contribution < -0.4 is 5.32 Å². The van der Waals surface area contributed by atoms with E-state index in [4.69, 9.17) is 16.6 Å². The Morgan fingerprint density at radius 1 is 1.18 bits per heavy atom. The van der Waals surface area contributed by atoms with E-state index in [-0.39, 0.29) is 21.7 Å². The van der Waals surface area contributed by atoms with Crippen LogP contribution in [0.25, 0.3) is 0 Å². The van der Waals surface area contributed by atoms with Crippen molar-refractivity contribution in [3.05, 3.63) is 83.0 Å². The Morgan fingerprint density at radius 3 is 2.36 bits per heavy atom. The van der Waals surface area contributed by atoms with Gasteiger partial charge in [0.15, 0.2) is 0 Å². The molecule has 5 nitrogen and oxygen atoms in total. The number of nitrogens with one attached hydrogen (secondary N) is 1. The molecule has 0 aliphatic carbocycles. The van der Waals surface area contributed by atoms with Gasteiger partial charge in [-0.25, -0.2) is 4.99 Å². The largest absolute Gasteiger partial charge is 0.446 e. The Morgan fingerprint density at radius 2 is 1.82 bits per heavy atom. The Labute approximate surface area is 240 Å². The SMILES string of the molecule is C=C(/N=C(\C=C(/C)Nc1ccc(SC(F)(F)F)c(Cl)c1)N(C)C)N1CCN(C(/C=C\C=C(/C)CC)=C/C)CC1. The number of rotatable bonds is 10. The third kappa shape index (κ3) is 11.1. The number of amidine groups is 1. The van der Waals surface area contributed by atoms with Crippen LogP contribution in [-0.4, -0.2) is 66.3 Å². The fraction of sp³-hybridized carbons (Fsp3) is 0.414. The highest BCUT2D eigenvalue weighted by molar-refractivity contribution is 8.00. The Bertz CT molecular complexity index is 1140. The van der Waals surface area contributed by atoms with Gasteiger partial charge >= 0.3 is 5.51 Å². The van der Waals surface area contributed by atoms with Crippen LogP contribution in [-0.2, 0) is 0 Å². The number of aliphatic imine (C=N–C) groups is 1. The number of hydrogen-bond donors (Lipinski definition) is 1. The molecule has 1 fully saturated rings. The predicted octanol–water partition coefficient (Wildman–Crippen LogP) is 8.13. The van der Waals surface area contributed by atoms with Gasteiger partial charge in [0.05, 0.1) is 5.02 Å². The van der Waals surface area contributed by atoms with E-state index < -0.39 is 5.51 Å². The lowest BCUT2D eigenvalue weighted by Crippen LogP contribution is -2.44. The van der Waals surface area contributed by atoms with Crippen molar-refractivity contribution in [2.24, 2.45) is 4.99 Å². The molecule has 2 rings (SSSR count). The number of allylic oxidation sites excluding steroid dienone is 6. The highest BCUT2D eigenvalue weighted by atomic mass is 35.5. The van der Waals surface area contributed by atoms with Gasteiger partial charge in [-0.3, -0.25) is 0 Å². The molecule has 0 unspecified atom stereocenters. The zero-order chi connectivity index (χ0) is 29.2. The summed E-state index contributed by atoms with van der Waals surface area (Å²) in [6.45, 7) is 15.7. The second kappa shape index (κ2) is 15.1. The van der Waals surface area contributed by atoms with Gasteiger partial charge in [0, 0.05) is 62.3 Å². The van der Waals surface area contributed by atoms with Crippen LogP contribution in [0.15, 0.2) is 87.8 Å². The third-order valence-electron chi connectivity index (χ3n) is 6.06. The number of anilines is 1. The summed E-state index contributed by atoms with van der Waals surface area (Å²) in [6, 6.07) is 4.40. The van der Waals surface area contributed by atoms with Crippen molar-refractivity contribution in [3.8, 4) is 0 Å². The summed E-state index contributed by atoms with van der Waals surface area (Å²) in [5, 5.41) is 3.21. The van der Waals surface area contributed by atoms with E-state index in [1.165, 1.54) is 23.4 Å². The monoisotopic (exact) mass is 581 g/mol. The minimum absolute atomic E-state index is 0.0354. The molecule has 0 bridgehead atoms. The summed E-state index contributed by atoms with van der Waals surface area (Å²) in [4.78, 5) is 11.2. The summed E-state index contributed by atoms with van der Waals surface area (Å²) in [6.07, 6.45) is 11.5. The lowest BCUT2D eigenvalue weighted by Gasteiger charge is -2.37. The quantitative estimate of drug-likeness (QED) is 0.131. The number of alkyl halides is 3. The first kappa shape index (κ1) is 32.4. The second-order valence-corrected chi connectivity index (χ2v) is 10.9. The fourth-order valence-corrected chi connectivity index (χ4v) is 4.58. The predicted molar refractivity (Wildman–Crippen MR) is 161 cm³/mol.